The van der Waals surface area contributed by atoms with Crippen LogP contribution in [0.15, 0.2) is 66.9 Å². The summed E-state index contributed by atoms with van der Waals surface area (Å²) in [5.41, 5.74) is 3.73. The predicted molar refractivity (Wildman–Crippen MR) is 105 cm³/mol. The summed E-state index contributed by atoms with van der Waals surface area (Å²) in [6, 6.07) is 18.5. The highest BCUT2D eigenvalue weighted by atomic mass is 16.5. The number of nitrogens with one attached hydrogen (secondary N) is 1. The van der Waals surface area contributed by atoms with E-state index in [0.29, 0.717) is 17.0 Å². The third-order valence-electron chi connectivity index (χ3n) is 4.38. The van der Waals surface area contributed by atoms with Gasteiger partial charge in [-0.3, -0.25) is 9.78 Å². The number of amides is 1. The number of hydrogen-bond donors (Lipinski definition) is 1. The summed E-state index contributed by atoms with van der Waals surface area (Å²) in [7, 11) is 3.48. The molecule has 134 valence electrons. The lowest BCUT2D eigenvalue weighted by atomic mass is 10.2. The highest BCUT2D eigenvalue weighted by molar-refractivity contribution is 6.06. The zero-order valence-electron chi connectivity index (χ0n) is 15.0. The first-order valence-corrected chi connectivity index (χ1v) is 8.49. The molecule has 6 heteroatoms. The molecule has 4 rings (SSSR count). The average molecular weight is 358 g/mol. The van der Waals surface area contributed by atoms with Crippen molar-refractivity contribution in [1.29, 1.82) is 0 Å². The molecule has 0 saturated carbocycles. The molecule has 2 aromatic heterocycles. The summed E-state index contributed by atoms with van der Waals surface area (Å²) in [6.45, 7) is 0. The van der Waals surface area contributed by atoms with E-state index in [1.807, 2.05) is 54.1 Å². The molecular weight excluding hydrogens is 340 g/mol. The van der Waals surface area contributed by atoms with Crippen LogP contribution in [0.2, 0.25) is 0 Å². The lowest BCUT2D eigenvalue weighted by molar-refractivity contribution is 0.102. The Hall–Kier alpha value is -3.67. The Labute approximate surface area is 156 Å². The van der Waals surface area contributed by atoms with Crippen LogP contribution in [-0.4, -0.2) is 27.6 Å². The summed E-state index contributed by atoms with van der Waals surface area (Å²) in [5.74, 6) is 1.09. The third-order valence-corrected chi connectivity index (χ3v) is 4.38. The first kappa shape index (κ1) is 16.8. The number of carbonyl (C=O) groups is 1. The van der Waals surface area contributed by atoms with Crippen molar-refractivity contribution in [3.05, 3.63) is 72.4 Å². The van der Waals surface area contributed by atoms with Crippen LogP contribution in [0.4, 0.5) is 5.69 Å². The van der Waals surface area contributed by atoms with Gasteiger partial charge in [-0.15, -0.1) is 0 Å². The highest BCUT2D eigenvalue weighted by Crippen LogP contribution is 2.25. The molecule has 2 heterocycles. The van der Waals surface area contributed by atoms with Crippen LogP contribution in [-0.2, 0) is 7.05 Å². The van der Waals surface area contributed by atoms with Gasteiger partial charge in [0.15, 0.2) is 5.82 Å². The van der Waals surface area contributed by atoms with Crippen LogP contribution >= 0.6 is 0 Å². The van der Waals surface area contributed by atoms with E-state index in [1.165, 1.54) is 0 Å². The van der Waals surface area contributed by atoms with Crippen LogP contribution in [0.1, 0.15) is 10.4 Å². The first-order valence-electron chi connectivity index (χ1n) is 8.49. The molecule has 6 nitrogen and oxygen atoms in total. The minimum Gasteiger partial charge on any atom is -0.496 e. The molecule has 2 aromatic carbocycles. The summed E-state index contributed by atoms with van der Waals surface area (Å²) in [5, 5.41) is 2.93. The van der Waals surface area contributed by atoms with Crippen LogP contribution in [0.25, 0.3) is 22.6 Å². The summed E-state index contributed by atoms with van der Waals surface area (Å²) in [6.07, 6.45) is 1.74. The molecule has 0 aliphatic carbocycles. The lowest BCUT2D eigenvalue weighted by Crippen LogP contribution is -2.13. The van der Waals surface area contributed by atoms with Crippen molar-refractivity contribution in [1.82, 2.24) is 14.5 Å². The smallest absolute Gasteiger partial charge is 0.259 e. The molecule has 1 amide bonds. The molecule has 0 bridgehead atoms. The van der Waals surface area contributed by atoms with Gasteiger partial charge in [-0.1, -0.05) is 18.2 Å². The van der Waals surface area contributed by atoms with E-state index >= 15 is 0 Å². The van der Waals surface area contributed by atoms with Crippen LogP contribution in [0, 0.1) is 0 Å². The van der Waals surface area contributed by atoms with Crippen LogP contribution in [0.5, 0.6) is 5.75 Å². The normalized spacial score (nSPS) is 10.7. The number of nitrogens with zero attached hydrogens (tertiary/aromatic N) is 3. The lowest BCUT2D eigenvalue weighted by Gasteiger charge is -2.09. The Bertz CT molecular complexity index is 1120. The van der Waals surface area contributed by atoms with E-state index in [9.17, 15) is 4.79 Å². The van der Waals surface area contributed by atoms with E-state index in [2.05, 4.69) is 15.3 Å². The van der Waals surface area contributed by atoms with Gasteiger partial charge in [0, 0.05) is 18.9 Å². The van der Waals surface area contributed by atoms with Crippen molar-refractivity contribution in [3.63, 3.8) is 0 Å². The molecule has 0 radical (unpaired) electrons. The van der Waals surface area contributed by atoms with Crippen molar-refractivity contribution < 1.29 is 9.53 Å². The minimum absolute atomic E-state index is 0.223. The fourth-order valence-corrected chi connectivity index (χ4v) is 3.02. The van der Waals surface area contributed by atoms with Crippen molar-refractivity contribution in [2.24, 2.45) is 7.05 Å². The number of ether oxygens (including phenoxy) is 1. The van der Waals surface area contributed by atoms with Gasteiger partial charge in [0.25, 0.3) is 5.91 Å². The van der Waals surface area contributed by atoms with Gasteiger partial charge in [-0.25, -0.2) is 4.98 Å². The maximum atomic E-state index is 12.6. The molecule has 0 saturated heterocycles. The van der Waals surface area contributed by atoms with Crippen molar-refractivity contribution in [3.8, 4) is 17.3 Å². The van der Waals surface area contributed by atoms with Crippen LogP contribution in [0.3, 0.4) is 0 Å². The Morgan fingerprint density at radius 2 is 1.89 bits per heavy atom. The SMILES string of the molecule is COc1ccccc1C(=O)Nc1ccc2nc(-c3ccccn3)n(C)c2c1. The molecule has 0 aliphatic rings. The van der Waals surface area contributed by atoms with Gasteiger partial charge in [0.05, 0.1) is 23.7 Å². The van der Waals surface area contributed by atoms with E-state index in [0.717, 1.165) is 22.6 Å². The third kappa shape index (κ3) is 3.13. The second-order valence-electron chi connectivity index (χ2n) is 6.07. The monoisotopic (exact) mass is 358 g/mol. The zero-order chi connectivity index (χ0) is 18.8. The number of aromatic nitrogens is 3. The molecule has 0 unspecified atom stereocenters. The van der Waals surface area contributed by atoms with Gasteiger partial charge in [0.1, 0.15) is 11.4 Å². The number of hydrogen-bond acceptors (Lipinski definition) is 4. The van der Waals surface area contributed by atoms with Crippen LogP contribution < -0.4 is 10.1 Å². The number of rotatable bonds is 4. The number of aryl methyl sites for hydroxylation is 1. The minimum atomic E-state index is -0.223. The van der Waals surface area contributed by atoms with E-state index < -0.39 is 0 Å². The zero-order valence-corrected chi connectivity index (χ0v) is 15.0. The van der Waals surface area contributed by atoms with E-state index in [1.54, 1.807) is 31.5 Å². The number of benzene rings is 2. The van der Waals surface area contributed by atoms with E-state index in [-0.39, 0.29) is 5.91 Å². The molecule has 0 spiro atoms. The quantitative estimate of drug-likeness (QED) is 0.601. The number of fused-ring (bicyclic) bond motifs is 1. The number of carbonyl (C=O) groups excluding carboxylic acids is 1. The average Bonchev–Trinajstić information content (AvgIpc) is 3.05. The fourth-order valence-electron chi connectivity index (χ4n) is 3.02. The molecular formula is C21H18N4O2. The maximum Gasteiger partial charge on any atom is 0.259 e. The summed E-state index contributed by atoms with van der Waals surface area (Å²) in [4.78, 5) is 21.6. The number of para-hydroxylation sites is 1. The van der Waals surface area contributed by atoms with Crippen molar-refractivity contribution in [2.75, 3.05) is 12.4 Å². The predicted octanol–water partition coefficient (Wildman–Crippen LogP) is 3.90. The molecule has 4 aromatic rings. The fraction of sp³-hybridized carbons (Fsp3) is 0.0952. The molecule has 0 aliphatic heterocycles. The van der Waals surface area contributed by atoms with E-state index in [4.69, 9.17) is 4.74 Å². The van der Waals surface area contributed by atoms with Gasteiger partial charge < -0.3 is 14.6 Å². The Morgan fingerprint density at radius 1 is 1.07 bits per heavy atom. The Balaban J connectivity index is 1.68. The topological polar surface area (TPSA) is 69.0 Å². The standard InChI is InChI=1S/C21H18N4O2/c1-25-18-13-14(23-21(26)15-7-3-4-9-19(15)27-2)10-11-16(18)24-20(25)17-8-5-6-12-22-17/h3-13H,1-2H3,(H,23,26). The number of methoxy groups -OCH3 is 1. The Kier molecular flexibility index (Phi) is 4.30. The van der Waals surface area contributed by atoms with Gasteiger partial charge >= 0.3 is 0 Å². The number of imidazole rings is 1. The first-order chi connectivity index (χ1) is 13.2. The maximum absolute atomic E-state index is 12.6. The summed E-state index contributed by atoms with van der Waals surface area (Å²) >= 11 is 0. The highest BCUT2D eigenvalue weighted by Gasteiger charge is 2.14. The second-order valence-corrected chi connectivity index (χ2v) is 6.07. The molecule has 27 heavy (non-hydrogen) atoms. The van der Waals surface area contributed by atoms with Crippen molar-refractivity contribution in [2.45, 2.75) is 0 Å². The van der Waals surface area contributed by atoms with Crippen molar-refractivity contribution >= 4 is 22.6 Å². The molecule has 1 N–H and O–H groups in total. The largest absolute Gasteiger partial charge is 0.496 e. The second kappa shape index (κ2) is 6.92. The van der Waals surface area contributed by atoms with Gasteiger partial charge in [0.2, 0.25) is 0 Å². The Morgan fingerprint density at radius 3 is 2.67 bits per heavy atom. The number of anilines is 1. The number of pyridine rings is 1. The summed E-state index contributed by atoms with van der Waals surface area (Å²) < 4.78 is 7.23. The van der Waals surface area contributed by atoms with Gasteiger partial charge in [-0.05, 0) is 42.5 Å². The van der Waals surface area contributed by atoms with Gasteiger partial charge in [-0.2, -0.15) is 0 Å². The molecule has 0 fully saturated rings. The molecule has 0 atom stereocenters.